The molecule has 3 heterocycles. The lowest BCUT2D eigenvalue weighted by atomic mass is 9.96. The molecule has 3 atom stereocenters. The number of rotatable bonds is 6. The molecule has 1 aromatic carbocycles. The first kappa shape index (κ1) is 22.9. The van der Waals surface area contributed by atoms with Crippen molar-refractivity contribution in [1.82, 2.24) is 10.3 Å². The molecule has 2 aromatic rings. The Hall–Kier alpha value is -2.32. The summed E-state index contributed by atoms with van der Waals surface area (Å²) < 4.78 is 29.3. The Morgan fingerprint density at radius 1 is 1.12 bits per heavy atom. The van der Waals surface area contributed by atoms with Crippen LogP contribution in [0.1, 0.15) is 39.5 Å². The Bertz CT molecular complexity index is 1070. The number of hydrogen-bond donors (Lipinski definition) is 1. The van der Waals surface area contributed by atoms with Crippen LogP contribution in [-0.2, 0) is 14.6 Å². The van der Waals surface area contributed by atoms with Gasteiger partial charge in [0.2, 0.25) is 0 Å². The van der Waals surface area contributed by atoms with Gasteiger partial charge in [-0.2, -0.15) is 0 Å². The zero-order chi connectivity index (χ0) is 23.1. The highest BCUT2D eigenvalue weighted by Crippen LogP contribution is 2.39. The number of sulfone groups is 1. The summed E-state index contributed by atoms with van der Waals surface area (Å²) in [6, 6.07) is 10.9. The molecule has 1 N–H and O–H groups in total. The predicted octanol–water partition coefficient (Wildman–Crippen LogP) is 3.61. The molecule has 32 heavy (non-hydrogen) atoms. The summed E-state index contributed by atoms with van der Waals surface area (Å²) in [5.41, 5.74) is -1.02. The highest BCUT2D eigenvalue weighted by molar-refractivity contribution is 7.90. The fourth-order valence-corrected chi connectivity index (χ4v) is 5.30. The molecule has 2 bridgehead atoms. The fraction of sp³-hybridized carbons (Fsp3) is 0.478. The maximum Gasteiger partial charge on any atom is 0.263 e. The molecule has 0 spiro atoms. The number of hydrogen-bond acceptors (Lipinski definition) is 6. The van der Waals surface area contributed by atoms with Crippen molar-refractivity contribution in [3.63, 3.8) is 0 Å². The number of carbonyl (C=O) groups excluding carboxylic acids is 1. The number of nitrogens with one attached hydrogen (secondary N) is 1. The number of halogens is 1. The SMILES string of the molecule is CC(C)(Oc1ccc(Cl)cc1)C(=O)N[C@H]1C[C@H]2CC[C@@H](C1)N2c1ccc(S(C)(=O)=O)cn1. The van der Waals surface area contributed by atoms with Crippen LogP contribution in [0.5, 0.6) is 5.75 Å². The number of pyridine rings is 1. The van der Waals surface area contributed by atoms with Gasteiger partial charge in [0, 0.05) is 35.6 Å². The van der Waals surface area contributed by atoms with Crippen LogP contribution in [0.2, 0.25) is 5.02 Å². The summed E-state index contributed by atoms with van der Waals surface area (Å²) in [4.78, 5) is 19.9. The first-order valence-corrected chi connectivity index (χ1v) is 13.0. The van der Waals surface area contributed by atoms with Gasteiger partial charge in [-0.3, -0.25) is 4.79 Å². The second kappa shape index (κ2) is 8.56. The van der Waals surface area contributed by atoms with Crippen molar-refractivity contribution in [2.75, 3.05) is 11.2 Å². The van der Waals surface area contributed by atoms with Gasteiger partial charge in [0.05, 0.1) is 4.90 Å². The molecule has 2 saturated heterocycles. The summed E-state index contributed by atoms with van der Waals surface area (Å²) in [6.45, 7) is 3.52. The van der Waals surface area contributed by atoms with Gasteiger partial charge < -0.3 is 15.0 Å². The zero-order valence-electron chi connectivity index (χ0n) is 18.4. The lowest BCUT2D eigenvalue weighted by molar-refractivity contribution is -0.135. The van der Waals surface area contributed by atoms with Crippen molar-refractivity contribution >= 4 is 33.2 Å². The number of piperidine rings is 1. The summed E-state index contributed by atoms with van der Waals surface area (Å²) >= 11 is 5.92. The van der Waals surface area contributed by atoms with Crippen molar-refractivity contribution in [2.45, 2.75) is 68.2 Å². The molecule has 7 nitrogen and oxygen atoms in total. The maximum absolute atomic E-state index is 13.0. The first-order valence-electron chi connectivity index (χ1n) is 10.7. The van der Waals surface area contributed by atoms with Crippen LogP contribution in [0.3, 0.4) is 0 Å². The standard InChI is InChI=1S/C23H28ClN3O4S/c1-23(2,31-19-8-4-15(24)5-9-19)22(28)26-16-12-17-6-7-18(13-16)27(17)21-11-10-20(14-25-21)32(3,29)30/h4-5,8-11,14,16-18H,6-7,12-13H2,1-3H3,(H,26,28)/t16-,17+,18-. The monoisotopic (exact) mass is 477 g/mol. The Morgan fingerprint density at radius 2 is 1.75 bits per heavy atom. The van der Waals surface area contributed by atoms with Gasteiger partial charge in [0.25, 0.3) is 5.91 Å². The molecule has 2 aliphatic heterocycles. The average Bonchev–Trinajstić information content (AvgIpc) is 2.99. The third-order valence-corrected chi connectivity index (χ3v) is 7.56. The average molecular weight is 478 g/mol. The van der Waals surface area contributed by atoms with Crippen LogP contribution in [0.4, 0.5) is 5.82 Å². The minimum absolute atomic E-state index is 0.0552. The van der Waals surface area contributed by atoms with E-state index in [2.05, 4.69) is 15.2 Å². The lowest BCUT2D eigenvalue weighted by Crippen LogP contribution is -2.55. The molecular formula is C23H28ClN3O4S. The third-order valence-electron chi connectivity index (χ3n) is 6.22. The topological polar surface area (TPSA) is 88.6 Å². The molecule has 1 amide bonds. The quantitative estimate of drug-likeness (QED) is 0.683. The van der Waals surface area contributed by atoms with Crippen molar-refractivity contribution in [3.8, 4) is 5.75 Å². The Labute approximate surface area is 194 Å². The number of anilines is 1. The molecule has 0 aliphatic carbocycles. The van der Waals surface area contributed by atoms with E-state index < -0.39 is 15.4 Å². The zero-order valence-corrected chi connectivity index (χ0v) is 20.0. The molecule has 172 valence electrons. The van der Waals surface area contributed by atoms with Gasteiger partial charge >= 0.3 is 0 Å². The van der Waals surface area contributed by atoms with Crippen molar-refractivity contribution in [3.05, 3.63) is 47.6 Å². The number of nitrogens with zero attached hydrogens (tertiary/aromatic N) is 2. The van der Waals surface area contributed by atoms with Crippen LogP contribution in [0.25, 0.3) is 0 Å². The number of benzene rings is 1. The van der Waals surface area contributed by atoms with E-state index in [0.29, 0.717) is 10.8 Å². The summed E-state index contributed by atoms with van der Waals surface area (Å²) in [5.74, 6) is 1.23. The van der Waals surface area contributed by atoms with E-state index in [4.69, 9.17) is 16.3 Å². The van der Waals surface area contributed by atoms with E-state index in [1.54, 1.807) is 50.2 Å². The lowest BCUT2D eigenvalue weighted by Gasteiger charge is -2.40. The van der Waals surface area contributed by atoms with E-state index >= 15 is 0 Å². The maximum atomic E-state index is 13.0. The van der Waals surface area contributed by atoms with E-state index in [-0.39, 0.29) is 28.9 Å². The molecule has 1 aromatic heterocycles. The van der Waals surface area contributed by atoms with Gasteiger partial charge in [-0.15, -0.1) is 0 Å². The van der Waals surface area contributed by atoms with Crippen molar-refractivity contribution in [2.24, 2.45) is 0 Å². The summed E-state index contributed by atoms with van der Waals surface area (Å²) in [6.07, 6.45) is 6.28. The largest absolute Gasteiger partial charge is 0.478 e. The van der Waals surface area contributed by atoms with Crippen molar-refractivity contribution < 1.29 is 17.9 Å². The molecule has 0 radical (unpaired) electrons. The first-order chi connectivity index (χ1) is 15.0. The number of ether oxygens (including phenoxy) is 1. The summed E-state index contributed by atoms with van der Waals surface area (Å²) in [5, 5.41) is 3.79. The van der Waals surface area contributed by atoms with Crippen molar-refractivity contribution in [1.29, 1.82) is 0 Å². The highest BCUT2D eigenvalue weighted by atomic mass is 35.5. The predicted molar refractivity (Wildman–Crippen MR) is 124 cm³/mol. The molecule has 0 unspecified atom stereocenters. The van der Waals surface area contributed by atoms with Gasteiger partial charge in [-0.25, -0.2) is 13.4 Å². The van der Waals surface area contributed by atoms with Crippen LogP contribution < -0.4 is 15.0 Å². The molecular weight excluding hydrogens is 450 g/mol. The number of fused-ring (bicyclic) bond motifs is 2. The van der Waals surface area contributed by atoms with Gasteiger partial charge in [0.1, 0.15) is 11.6 Å². The van der Waals surface area contributed by atoms with E-state index in [1.165, 1.54) is 12.5 Å². The molecule has 9 heteroatoms. The van der Waals surface area contributed by atoms with Gasteiger partial charge in [0.15, 0.2) is 15.4 Å². The van der Waals surface area contributed by atoms with Crippen LogP contribution in [-0.4, -0.2) is 49.3 Å². The summed E-state index contributed by atoms with van der Waals surface area (Å²) in [7, 11) is -3.27. The van der Waals surface area contributed by atoms with Gasteiger partial charge in [-0.05, 0) is 75.9 Å². The highest BCUT2D eigenvalue weighted by Gasteiger charge is 2.43. The smallest absolute Gasteiger partial charge is 0.263 e. The van der Waals surface area contributed by atoms with E-state index in [1.807, 2.05) is 0 Å². The van der Waals surface area contributed by atoms with Crippen LogP contribution >= 0.6 is 11.6 Å². The van der Waals surface area contributed by atoms with E-state index in [9.17, 15) is 13.2 Å². The third kappa shape index (κ3) is 4.86. The molecule has 2 fully saturated rings. The Kier molecular flexibility index (Phi) is 6.11. The number of carbonyl (C=O) groups is 1. The molecule has 4 rings (SSSR count). The molecule has 0 saturated carbocycles. The Balaban J connectivity index is 1.40. The van der Waals surface area contributed by atoms with E-state index in [0.717, 1.165) is 31.5 Å². The normalized spacial score (nSPS) is 23.1. The van der Waals surface area contributed by atoms with Gasteiger partial charge in [-0.1, -0.05) is 11.6 Å². The minimum Gasteiger partial charge on any atom is -0.478 e. The van der Waals surface area contributed by atoms with Crippen LogP contribution in [0, 0.1) is 0 Å². The number of aromatic nitrogens is 1. The Morgan fingerprint density at radius 3 is 2.28 bits per heavy atom. The molecule has 2 aliphatic rings. The second-order valence-electron chi connectivity index (χ2n) is 9.12. The van der Waals surface area contributed by atoms with Crippen LogP contribution in [0.15, 0.2) is 47.5 Å². The fourth-order valence-electron chi connectivity index (χ4n) is 4.62. The number of amides is 1. The minimum atomic E-state index is -3.27. The second-order valence-corrected chi connectivity index (χ2v) is 11.6.